The van der Waals surface area contributed by atoms with Crippen LogP contribution in [0.4, 0.5) is 0 Å². The number of benzene rings is 3. The molecule has 0 spiro atoms. The van der Waals surface area contributed by atoms with Crippen molar-refractivity contribution in [2.45, 2.75) is 0 Å². The second kappa shape index (κ2) is 7.03. The quantitative estimate of drug-likeness (QED) is 0.424. The van der Waals surface area contributed by atoms with Crippen molar-refractivity contribution in [1.82, 2.24) is 0 Å². The molecule has 0 aliphatic carbocycles. The largest absolute Gasteiger partial charge is 0.422 e. The summed E-state index contributed by atoms with van der Waals surface area (Å²) in [5.41, 5.74) is 4.51. The first kappa shape index (κ1) is 16.4. The van der Waals surface area contributed by atoms with Crippen LogP contribution in [-0.4, -0.2) is 5.97 Å². The zero-order valence-electron chi connectivity index (χ0n) is 13.9. The van der Waals surface area contributed by atoms with Gasteiger partial charge in [0.1, 0.15) is 5.76 Å². The SMILES string of the molecule is O=C1OC(c2ccc(-c3ccccc3)cc2)=C/C1=C\c1cccc(Cl)c1. The van der Waals surface area contributed by atoms with Crippen LogP contribution in [0.25, 0.3) is 23.0 Å². The van der Waals surface area contributed by atoms with E-state index >= 15 is 0 Å². The molecule has 1 aliphatic heterocycles. The second-order valence-electron chi connectivity index (χ2n) is 6.00. The molecule has 0 saturated heterocycles. The van der Waals surface area contributed by atoms with E-state index in [4.69, 9.17) is 16.3 Å². The fraction of sp³-hybridized carbons (Fsp3) is 0. The van der Waals surface area contributed by atoms with Gasteiger partial charge in [-0.1, -0.05) is 78.3 Å². The van der Waals surface area contributed by atoms with E-state index in [-0.39, 0.29) is 5.97 Å². The van der Waals surface area contributed by atoms with Gasteiger partial charge in [-0.15, -0.1) is 0 Å². The van der Waals surface area contributed by atoms with Gasteiger partial charge in [-0.2, -0.15) is 0 Å². The number of esters is 1. The van der Waals surface area contributed by atoms with Gasteiger partial charge in [0.25, 0.3) is 0 Å². The topological polar surface area (TPSA) is 26.3 Å². The van der Waals surface area contributed by atoms with Crippen molar-refractivity contribution in [3.05, 3.63) is 107 Å². The van der Waals surface area contributed by atoms with E-state index in [9.17, 15) is 4.79 Å². The van der Waals surface area contributed by atoms with Gasteiger partial charge in [-0.25, -0.2) is 4.79 Å². The number of carbonyl (C=O) groups is 1. The number of carbonyl (C=O) groups excluding carboxylic acids is 1. The average molecular weight is 359 g/mol. The van der Waals surface area contributed by atoms with Crippen molar-refractivity contribution in [2.75, 3.05) is 0 Å². The third-order valence-electron chi connectivity index (χ3n) is 4.17. The van der Waals surface area contributed by atoms with Crippen molar-refractivity contribution < 1.29 is 9.53 Å². The Balaban J connectivity index is 1.61. The van der Waals surface area contributed by atoms with Crippen LogP contribution in [0.3, 0.4) is 0 Å². The molecule has 0 atom stereocenters. The third kappa shape index (κ3) is 3.46. The number of rotatable bonds is 3. The minimum atomic E-state index is -0.355. The lowest BCUT2D eigenvalue weighted by molar-refractivity contribution is -0.130. The van der Waals surface area contributed by atoms with Gasteiger partial charge in [0, 0.05) is 10.6 Å². The van der Waals surface area contributed by atoms with E-state index in [2.05, 4.69) is 12.1 Å². The highest BCUT2D eigenvalue weighted by Gasteiger charge is 2.22. The predicted molar refractivity (Wildman–Crippen MR) is 105 cm³/mol. The molecule has 0 amide bonds. The lowest BCUT2D eigenvalue weighted by atomic mass is 10.0. The molecule has 0 aromatic heterocycles. The Hall–Kier alpha value is -3.10. The third-order valence-corrected chi connectivity index (χ3v) is 4.41. The van der Waals surface area contributed by atoms with E-state index < -0.39 is 0 Å². The average Bonchev–Trinajstić information content (AvgIpc) is 3.03. The maximum absolute atomic E-state index is 12.2. The van der Waals surface area contributed by atoms with Gasteiger partial charge >= 0.3 is 5.97 Å². The minimum Gasteiger partial charge on any atom is -0.422 e. The van der Waals surface area contributed by atoms with Crippen molar-refractivity contribution in [3.8, 4) is 11.1 Å². The summed E-state index contributed by atoms with van der Waals surface area (Å²) >= 11 is 6.00. The number of hydrogen-bond donors (Lipinski definition) is 0. The smallest absolute Gasteiger partial charge is 0.343 e. The molecule has 126 valence electrons. The zero-order valence-corrected chi connectivity index (χ0v) is 14.6. The summed E-state index contributed by atoms with van der Waals surface area (Å²) in [5.74, 6) is 0.204. The van der Waals surface area contributed by atoms with Gasteiger partial charge < -0.3 is 4.74 Å². The molecule has 0 fully saturated rings. The van der Waals surface area contributed by atoms with E-state index in [1.54, 1.807) is 18.2 Å². The summed E-state index contributed by atoms with van der Waals surface area (Å²) in [6.45, 7) is 0. The first-order valence-electron chi connectivity index (χ1n) is 8.26. The fourth-order valence-electron chi connectivity index (χ4n) is 2.86. The predicted octanol–water partition coefficient (Wildman–Crippen LogP) is 5.99. The number of cyclic esters (lactones) is 1. The molecule has 0 bridgehead atoms. The van der Waals surface area contributed by atoms with Crippen LogP contribution in [0.1, 0.15) is 11.1 Å². The van der Waals surface area contributed by atoms with Crippen molar-refractivity contribution in [2.24, 2.45) is 0 Å². The Morgan fingerprint density at radius 1 is 0.769 bits per heavy atom. The van der Waals surface area contributed by atoms with Crippen LogP contribution >= 0.6 is 11.6 Å². The van der Waals surface area contributed by atoms with Crippen LogP contribution < -0.4 is 0 Å². The molecule has 2 nitrogen and oxygen atoms in total. The molecule has 1 aliphatic rings. The summed E-state index contributed by atoms with van der Waals surface area (Å²) in [5, 5.41) is 0.631. The monoisotopic (exact) mass is 358 g/mol. The summed E-state index contributed by atoms with van der Waals surface area (Å²) in [6, 6.07) is 25.5. The highest BCUT2D eigenvalue weighted by Crippen LogP contribution is 2.29. The molecule has 0 radical (unpaired) electrons. The van der Waals surface area contributed by atoms with Crippen LogP contribution in [0.2, 0.25) is 5.02 Å². The molecule has 0 unspecified atom stereocenters. The Kier molecular flexibility index (Phi) is 4.42. The number of halogens is 1. The minimum absolute atomic E-state index is 0.355. The summed E-state index contributed by atoms with van der Waals surface area (Å²) in [7, 11) is 0. The first-order chi connectivity index (χ1) is 12.7. The van der Waals surface area contributed by atoms with Crippen molar-refractivity contribution in [3.63, 3.8) is 0 Å². The molecule has 0 N–H and O–H groups in total. The Morgan fingerprint density at radius 2 is 1.46 bits per heavy atom. The van der Waals surface area contributed by atoms with Gasteiger partial charge in [0.05, 0.1) is 5.57 Å². The first-order valence-corrected chi connectivity index (χ1v) is 8.64. The van der Waals surface area contributed by atoms with Crippen LogP contribution in [-0.2, 0) is 9.53 Å². The molecule has 1 heterocycles. The van der Waals surface area contributed by atoms with E-state index in [1.165, 1.54) is 0 Å². The molecule has 3 aromatic rings. The maximum atomic E-state index is 12.2. The van der Waals surface area contributed by atoms with Crippen LogP contribution in [0.5, 0.6) is 0 Å². The maximum Gasteiger partial charge on any atom is 0.343 e. The second-order valence-corrected chi connectivity index (χ2v) is 6.43. The molecule has 3 heteroatoms. The number of ether oxygens (including phenoxy) is 1. The zero-order chi connectivity index (χ0) is 17.9. The summed E-state index contributed by atoms with van der Waals surface area (Å²) in [4.78, 5) is 12.2. The fourth-order valence-corrected chi connectivity index (χ4v) is 3.06. The lowest BCUT2D eigenvalue weighted by Crippen LogP contribution is -1.97. The van der Waals surface area contributed by atoms with Crippen LogP contribution in [0, 0.1) is 0 Å². The Bertz CT molecular complexity index is 1020. The Morgan fingerprint density at radius 3 is 2.19 bits per heavy atom. The molecule has 4 rings (SSSR count). The van der Waals surface area contributed by atoms with Crippen LogP contribution in [0.15, 0.2) is 90.5 Å². The van der Waals surface area contributed by atoms with Gasteiger partial charge in [-0.3, -0.25) is 0 Å². The van der Waals surface area contributed by atoms with Gasteiger partial charge in [0.15, 0.2) is 0 Å². The molecule has 26 heavy (non-hydrogen) atoms. The highest BCUT2D eigenvalue weighted by atomic mass is 35.5. The van der Waals surface area contributed by atoms with Crippen molar-refractivity contribution in [1.29, 1.82) is 0 Å². The van der Waals surface area contributed by atoms with Gasteiger partial charge in [0.2, 0.25) is 0 Å². The molecule has 0 saturated carbocycles. The normalized spacial score (nSPS) is 15.0. The molecule has 3 aromatic carbocycles. The summed E-state index contributed by atoms with van der Waals surface area (Å²) in [6.07, 6.45) is 3.54. The van der Waals surface area contributed by atoms with E-state index in [1.807, 2.05) is 60.7 Å². The molecular weight excluding hydrogens is 344 g/mol. The van der Waals surface area contributed by atoms with E-state index in [0.29, 0.717) is 16.4 Å². The summed E-state index contributed by atoms with van der Waals surface area (Å²) < 4.78 is 5.43. The molecular formula is C23H15ClO2. The standard InChI is InChI=1S/C23H15ClO2/c24-21-8-4-5-16(14-21)13-20-15-22(26-23(20)25)19-11-9-18(10-12-19)17-6-2-1-3-7-17/h1-15H/b20-13+. The van der Waals surface area contributed by atoms with Crippen molar-refractivity contribution >= 4 is 29.4 Å². The lowest BCUT2D eigenvalue weighted by Gasteiger charge is -2.04. The highest BCUT2D eigenvalue weighted by molar-refractivity contribution is 6.30. The number of hydrogen-bond acceptors (Lipinski definition) is 2. The Labute approximate surface area is 157 Å². The van der Waals surface area contributed by atoms with E-state index in [0.717, 1.165) is 22.3 Å². The van der Waals surface area contributed by atoms with Gasteiger partial charge in [-0.05, 0) is 41.0 Å².